The Kier molecular flexibility index (Phi) is 4.29. The molecule has 0 aromatic heterocycles. The van der Waals surface area contributed by atoms with E-state index in [-0.39, 0.29) is 0 Å². The molecule has 0 amide bonds. The predicted molar refractivity (Wildman–Crippen MR) is 102 cm³/mol. The molecule has 0 radical (unpaired) electrons. The largest absolute Gasteiger partial charge is 0.0770 e. The molecule has 2 aromatic carbocycles. The molecule has 0 heterocycles. The van der Waals surface area contributed by atoms with Crippen LogP contribution in [0.15, 0.2) is 109 Å². The Labute approximate surface area is 144 Å². The maximum absolute atomic E-state index is 2.34. The van der Waals surface area contributed by atoms with E-state index in [0.29, 0.717) is 23.7 Å². The first kappa shape index (κ1) is 15.0. The molecule has 0 aliphatic heterocycles. The number of benzene rings is 2. The molecule has 24 heavy (non-hydrogen) atoms. The molecule has 118 valence electrons. The molecule has 0 fully saturated rings. The minimum absolute atomic E-state index is 0.431. The van der Waals surface area contributed by atoms with E-state index >= 15 is 0 Å². The van der Waals surface area contributed by atoms with Gasteiger partial charge in [0.15, 0.2) is 0 Å². The van der Waals surface area contributed by atoms with Crippen molar-refractivity contribution in [2.75, 3.05) is 0 Å². The summed E-state index contributed by atoms with van der Waals surface area (Å²) in [5.74, 6) is 1.75. The summed E-state index contributed by atoms with van der Waals surface area (Å²) in [4.78, 5) is 0. The molecule has 0 bridgehead atoms. The summed E-state index contributed by atoms with van der Waals surface area (Å²) in [6.45, 7) is 0. The zero-order chi connectivity index (χ0) is 16.2. The molecule has 2 aliphatic rings. The van der Waals surface area contributed by atoms with Crippen molar-refractivity contribution in [1.82, 2.24) is 0 Å². The average Bonchev–Trinajstić information content (AvgIpc) is 3.35. The van der Waals surface area contributed by atoms with Gasteiger partial charge in [0.2, 0.25) is 0 Å². The van der Waals surface area contributed by atoms with Gasteiger partial charge in [-0.15, -0.1) is 0 Å². The Morgan fingerprint density at radius 1 is 0.458 bits per heavy atom. The summed E-state index contributed by atoms with van der Waals surface area (Å²) >= 11 is 0. The first-order chi connectivity index (χ1) is 11.9. The van der Waals surface area contributed by atoms with Crippen molar-refractivity contribution in [3.63, 3.8) is 0 Å². The number of rotatable bonds is 5. The van der Waals surface area contributed by atoms with Gasteiger partial charge in [0.25, 0.3) is 0 Å². The lowest BCUT2D eigenvalue weighted by Crippen LogP contribution is -2.22. The average molecular weight is 310 g/mol. The second kappa shape index (κ2) is 6.88. The second-order valence-corrected chi connectivity index (χ2v) is 6.57. The Hall–Kier alpha value is -2.60. The lowest BCUT2D eigenvalue weighted by Gasteiger charge is -2.34. The number of hydrogen-bond acceptors (Lipinski definition) is 0. The van der Waals surface area contributed by atoms with Crippen LogP contribution in [0.25, 0.3) is 0 Å². The van der Waals surface area contributed by atoms with Crippen molar-refractivity contribution in [2.24, 2.45) is 11.8 Å². The number of hydrogen-bond donors (Lipinski definition) is 0. The first-order valence-electron chi connectivity index (χ1n) is 8.73. The van der Waals surface area contributed by atoms with Gasteiger partial charge in [0.05, 0.1) is 0 Å². The fourth-order valence-electron chi connectivity index (χ4n) is 4.07. The third kappa shape index (κ3) is 2.92. The van der Waals surface area contributed by atoms with E-state index in [1.807, 2.05) is 0 Å². The predicted octanol–water partition coefficient (Wildman–Crippen LogP) is 6.04. The summed E-state index contributed by atoms with van der Waals surface area (Å²) in [6.07, 6.45) is 18.1. The summed E-state index contributed by atoms with van der Waals surface area (Å²) in [5.41, 5.74) is 2.84. The van der Waals surface area contributed by atoms with Crippen molar-refractivity contribution < 1.29 is 0 Å². The molecule has 2 aliphatic carbocycles. The van der Waals surface area contributed by atoms with Crippen molar-refractivity contribution >= 4 is 0 Å². The van der Waals surface area contributed by atoms with Gasteiger partial charge in [0.1, 0.15) is 0 Å². The fraction of sp³-hybridized carbons (Fsp3) is 0.167. The zero-order valence-corrected chi connectivity index (χ0v) is 13.7. The summed E-state index contributed by atoms with van der Waals surface area (Å²) in [5, 5.41) is 0. The topological polar surface area (TPSA) is 0 Å². The van der Waals surface area contributed by atoms with Gasteiger partial charge in [-0.1, -0.05) is 109 Å². The molecule has 0 N–H and O–H groups in total. The molecule has 0 unspecified atom stereocenters. The Morgan fingerprint density at radius 2 is 0.792 bits per heavy atom. The molecule has 0 nitrogen and oxygen atoms in total. The molecule has 0 saturated heterocycles. The summed E-state index contributed by atoms with van der Waals surface area (Å²) in [7, 11) is 0. The first-order valence-corrected chi connectivity index (χ1v) is 8.73. The summed E-state index contributed by atoms with van der Waals surface area (Å²) in [6, 6.07) is 22.0. The molecular weight excluding hydrogens is 288 g/mol. The van der Waals surface area contributed by atoms with E-state index < -0.39 is 0 Å². The van der Waals surface area contributed by atoms with Crippen LogP contribution in [0.4, 0.5) is 0 Å². The molecule has 0 saturated carbocycles. The molecule has 4 rings (SSSR count). The quantitative estimate of drug-likeness (QED) is 0.631. The van der Waals surface area contributed by atoms with Gasteiger partial charge in [0, 0.05) is 23.7 Å². The van der Waals surface area contributed by atoms with E-state index in [9.17, 15) is 0 Å². The van der Waals surface area contributed by atoms with Crippen LogP contribution in [0.3, 0.4) is 0 Å². The molecular formula is C24H22. The van der Waals surface area contributed by atoms with Crippen molar-refractivity contribution in [2.45, 2.75) is 11.8 Å². The van der Waals surface area contributed by atoms with Gasteiger partial charge < -0.3 is 0 Å². The van der Waals surface area contributed by atoms with Crippen LogP contribution in [0.2, 0.25) is 0 Å². The third-order valence-electron chi connectivity index (χ3n) is 5.14. The smallest absolute Gasteiger partial charge is 0.00277 e. The number of allylic oxidation sites excluding steroid dienone is 8. The highest BCUT2D eigenvalue weighted by Crippen LogP contribution is 2.46. The highest BCUT2D eigenvalue weighted by atomic mass is 14.4. The highest BCUT2D eigenvalue weighted by molar-refractivity contribution is 5.38. The zero-order valence-electron chi connectivity index (χ0n) is 13.7. The molecule has 0 heteroatoms. The second-order valence-electron chi connectivity index (χ2n) is 6.57. The normalized spacial score (nSPS) is 19.2. The lowest BCUT2D eigenvalue weighted by atomic mass is 9.69. The Morgan fingerprint density at radius 3 is 1.12 bits per heavy atom. The molecule has 2 aromatic rings. The van der Waals surface area contributed by atoms with Crippen molar-refractivity contribution in [1.29, 1.82) is 0 Å². The van der Waals surface area contributed by atoms with Gasteiger partial charge in [-0.3, -0.25) is 0 Å². The maximum Gasteiger partial charge on any atom is 0.00277 e. The van der Waals surface area contributed by atoms with Crippen LogP contribution in [-0.2, 0) is 0 Å². The SMILES string of the molecule is C1=CC([C@H](c2ccccc2)[C@@H](c2ccccc2)C2C=CC=C2)C=C1. The van der Waals surface area contributed by atoms with Crippen molar-refractivity contribution in [3.8, 4) is 0 Å². The minimum Gasteiger partial charge on any atom is -0.0770 e. The Balaban J connectivity index is 1.82. The van der Waals surface area contributed by atoms with Crippen LogP contribution < -0.4 is 0 Å². The van der Waals surface area contributed by atoms with Gasteiger partial charge in [-0.25, -0.2) is 0 Å². The fourth-order valence-corrected chi connectivity index (χ4v) is 4.07. The van der Waals surface area contributed by atoms with Crippen LogP contribution in [0.5, 0.6) is 0 Å². The monoisotopic (exact) mass is 310 g/mol. The van der Waals surface area contributed by atoms with Gasteiger partial charge >= 0.3 is 0 Å². The maximum atomic E-state index is 2.34. The van der Waals surface area contributed by atoms with Crippen LogP contribution in [-0.4, -0.2) is 0 Å². The van der Waals surface area contributed by atoms with E-state index in [0.717, 1.165) is 0 Å². The Bertz CT molecular complexity index is 684. The van der Waals surface area contributed by atoms with Gasteiger partial charge in [-0.2, -0.15) is 0 Å². The van der Waals surface area contributed by atoms with Gasteiger partial charge in [-0.05, 0) is 11.1 Å². The highest BCUT2D eigenvalue weighted by Gasteiger charge is 2.34. The minimum atomic E-state index is 0.431. The molecule has 0 spiro atoms. The van der Waals surface area contributed by atoms with Crippen molar-refractivity contribution in [3.05, 3.63) is 120 Å². The molecule has 2 atom stereocenters. The van der Waals surface area contributed by atoms with E-state index in [4.69, 9.17) is 0 Å². The van der Waals surface area contributed by atoms with Crippen LogP contribution >= 0.6 is 0 Å². The van der Waals surface area contributed by atoms with Crippen LogP contribution in [0.1, 0.15) is 23.0 Å². The standard InChI is InChI=1S/C24H22/c1-3-11-19(12-4-1)23(21-15-7-8-16-21)24(22-17-9-10-18-22)20-13-5-2-6-14-20/h1-18,21-24H/t23-,24-/m0/s1. The lowest BCUT2D eigenvalue weighted by molar-refractivity contribution is 0.437. The third-order valence-corrected chi connectivity index (χ3v) is 5.14. The summed E-state index contributed by atoms with van der Waals surface area (Å²) < 4.78 is 0. The van der Waals surface area contributed by atoms with E-state index in [1.54, 1.807) is 0 Å². The van der Waals surface area contributed by atoms with E-state index in [2.05, 4.69) is 109 Å². The van der Waals surface area contributed by atoms with Crippen LogP contribution in [0, 0.1) is 11.8 Å². The van der Waals surface area contributed by atoms with E-state index in [1.165, 1.54) is 11.1 Å².